The summed E-state index contributed by atoms with van der Waals surface area (Å²) in [5, 5.41) is 0. The highest BCUT2D eigenvalue weighted by atomic mass is 16.1. The largest absolute Gasteiger partial charge is 0.324 e. The molecular formula is C27H26N6O. The molecule has 3 N–H and O–H groups in total. The predicted octanol–water partition coefficient (Wildman–Crippen LogP) is 4.84. The summed E-state index contributed by atoms with van der Waals surface area (Å²) in [6, 6.07) is 23.1. The molecule has 1 aliphatic rings. The molecule has 2 heterocycles. The number of H-pyrrole nitrogens is 1. The van der Waals surface area contributed by atoms with Crippen LogP contribution in [0.25, 0.3) is 11.4 Å². The number of benzene rings is 2. The van der Waals surface area contributed by atoms with Crippen molar-refractivity contribution in [3.63, 3.8) is 0 Å². The second-order valence-corrected chi connectivity index (χ2v) is 8.61. The Hall–Kier alpha value is -4.10. The number of aliphatic imine (C=N–C) groups is 1. The summed E-state index contributed by atoms with van der Waals surface area (Å²) in [4.78, 5) is 30.4. The minimum Gasteiger partial charge on any atom is -0.324 e. The number of nitrogens with zero attached hydrogens (tertiary/aromatic N) is 4. The minimum absolute atomic E-state index is 0.155. The van der Waals surface area contributed by atoms with Crippen molar-refractivity contribution in [2.24, 2.45) is 10.7 Å². The maximum absolute atomic E-state index is 12.0. The molecule has 0 aliphatic heterocycles. The van der Waals surface area contributed by atoms with Crippen molar-refractivity contribution < 1.29 is 0 Å². The summed E-state index contributed by atoms with van der Waals surface area (Å²) >= 11 is 0. The highest BCUT2D eigenvalue weighted by molar-refractivity contribution is 5.74. The Morgan fingerprint density at radius 1 is 1.03 bits per heavy atom. The molecule has 5 rings (SSSR count). The van der Waals surface area contributed by atoms with Gasteiger partial charge in [0.1, 0.15) is 5.69 Å². The first-order valence-corrected chi connectivity index (χ1v) is 11.3. The normalized spacial score (nSPS) is 14.3. The molecule has 170 valence electrons. The molecule has 0 radical (unpaired) electrons. The van der Waals surface area contributed by atoms with Gasteiger partial charge in [-0.3, -0.25) is 9.79 Å². The van der Waals surface area contributed by atoms with E-state index in [1.807, 2.05) is 53.4 Å². The van der Waals surface area contributed by atoms with Crippen LogP contribution in [0.1, 0.15) is 30.5 Å². The Balaban J connectivity index is 1.61. The standard InChI is InChI=1S/C27H26N6O/c1-29-23-17-30-25(19-7-3-2-4-8-19)32-26(23)33(18-21-9-5-10-24(34)31-21)22-13-11-20(12-14-22)27(28)15-6-16-27/h2-5,7-14,17H,1,6,15-16,18,28H2,(H,31,34). The Morgan fingerprint density at radius 2 is 1.79 bits per heavy atom. The first kappa shape index (κ1) is 21.7. The molecule has 1 fully saturated rings. The molecule has 34 heavy (non-hydrogen) atoms. The van der Waals surface area contributed by atoms with Crippen LogP contribution in [0.3, 0.4) is 0 Å². The third-order valence-electron chi connectivity index (χ3n) is 6.36. The van der Waals surface area contributed by atoms with E-state index in [0.717, 1.165) is 41.8 Å². The van der Waals surface area contributed by atoms with E-state index >= 15 is 0 Å². The van der Waals surface area contributed by atoms with E-state index in [9.17, 15) is 4.79 Å². The van der Waals surface area contributed by atoms with Crippen molar-refractivity contribution in [2.75, 3.05) is 4.90 Å². The third-order valence-corrected chi connectivity index (χ3v) is 6.36. The first-order chi connectivity index (χ1) is 16.6. The zero-order valence-electron chi connectivity index (χ0n) is 18.8. The van der Waals surface area contributed by atoms with E-state index in [0.29, 0.717) is 23.9 Å². The Morgan fingerprint density at radius 3 is 2.44 bits per heavy atom. The fourth-order valence-corrected chi connectivity index (χ4v) is 4.27. The Labute approximate surface area is 198 Å². The van der Waals surface area contributed by atoms with Gasteiger partial charge in [-0.1, -0.05) is 48.5 Å². The predicted molar refractivity (Wildman–Crippen MR) is 136 cm³/mol. The van der Waals surface area contributed by atoms with E-state index in [4.69, 9.17) is 10.7 Å². The van der Waals surface area contributed by atoms with Crippen molar-refractivity contribution in [3.05, 3.63) is 101 Å². The maximum atomic E-state index is 12.0. The molecule has 7 nitrogen and oxygen atoms in total. The minimum atomic E-state index is -0.239. The molecule has 2 aromatic carbocycles. The highest BCUT2D eigenvalue weighted by Gasteiger charge is 2.34. The Kier molecular flexibility index (Phi) is 5.77. The van der Waals surface area contributed by atoms with Crippen molar-refractivity contribution in [2.45, 2.75) is 31.3 Å². The number of pyridine rings is 1. The zero-order valence-corrected chi connectivity index (χ0v) is 18.8. The van der Waals surface area contributed by atoms with Gasteiger partial charge in [0.25, 0.3) is 0 Å². The number of aromatic amines is 1. The topological polar surface area (TPSA) is 100 Å². The van der Waals surface area contributed by atoms with Gasteiger partial charge < -0.3 is 15.6 Å². The molecule has 4 aromatic rings. The van der Waals surface area contributed by atoms with Gasteiger partial charge in [0, 0.05) is 28.6 Å². The average molecular weight is 451 g/mol. The molecule has 1 aliphatic carbocycles. The van der Waals surface area contributed by atoms with Crippen LogP contribution < -0.4 is 16.2 Å². The van der Waals surface area contributed by atoms with Gasteiger partial charge in [0.15, 0.2) is 11.6 Å². The van der Waals surface area contributed by atoms with Crippen LogP contribution in [-0.2, 0) is 12.1 Å². The number of nitrogens with two attached hydrogens (primary N) is 1. The Bertz CT molecular complexity index is 1360. The van der Waals surface area contributed by atoms with Crippen LogP contribution in [0.2, 0.25) is 0 Å². The summed E-state index contributed by atoms with van der Waals surface area (Å²) in [6.45, 7) is 4.11. The quantitative estimate of drug-likeness (QED) is 0.393. The molecule has 0 amide bonds. The fourth-order valence-electron chi connectivity index (χ4n) is 4.27. The van der Waals surface area contributed by atoms with Crippen molar-refractivity contribution in [1.29, 1.82) is 0 Å². The molecule has 2 aromatic heterocycles. The average Bonchev–Trinajstić information content (AvgIpc) is 2.86. The van der Waals surface area contributed by atoms with Crippen LogP contribution >= 0.6 is 0 Å². The molecule has 0 bridgehead atoms. The lowest BCUT2D eigenvalue weighted by Gasteiger charge is -2.39. The lowest BCUT2D eigenvalue weighted by Crippen LogP contribution is -2.43. The molecular weight excluding hydrogens is 424 g/mol. The maximum Gasteiger partial charge on any atom is 0.248 e. The highest BCUT2D eigenvalue weighted by Crippen LogP contribution is 2.40. The molecule has 7 heteroatoms. The van der Waals surface area contributed by atoms with E-state index in [-0.39, 0.29) is 11.1 Å². The van der Waals surface area contributed by atoms with Gasteiger partial charge in [-0.2, -0.15) is 0 Å². The number of nitrogens with one attached hydrogen (secondary N) is 1. The van der Waals surface area contributed by atoms with Gasteiger partial charge in [-0.05, 0) is 49.7 Å². The lowest BCUT2D eigenvalue weighted by molar-refractivity contribution is 0.253. The first-order valence-electron chi connectivity index (χ1n) is 11.3. The van der Waals surface area contributed by atoms with Crippen molar-refractivity contribution in [3.8, 4) is 11.4 Å². The van der Waals surface area contributed by atoms with Crippen molar-refractivity contribution in [1.82, 2.24) is 15.0 Å². The monoisotopic (exact) mass is 450 g/mol. The summed E-state index contributed by atoms with van der Waals surface area (Å²) in [5.41, 5.74) is 10.4. The second-order valence-electron chi connectivity index (χ2n) is 8.61. The number of hydrogen-bond acceptors (Lipinski definition) is 6. The van der Waals surface area contributed by atoms with Crippen LogP contribution in [-0.4, -0.2) is 21.7 Å². The number of anilines is 2. The lowest BCUT2D eigenvalue weighted by atomic mass is 9.73. The second kappa shape index (κ2) is 9.03. The fraction of sp³-hybridized carbons (Fsp3) is 0.185. The summed E-state index contributed by atoms with van der Waals surface area (Å²) in [6.07, 6.45) is 4.83. The van der Waals surface area contributed by atoms with Gasteiger partial charge in [0.2, 0.25) is 5.56 Å². The molecule has 0 atom stereocenters. The molecule has 1 saturated carbocycles. The van der Waals surface area contributed by atoms with E-state index < -0.39 is 0 Å². The van der Waals surface area contributed by atoms with E-state index in [2.05, 4.69) is 33.8 Å². The van der Waals surface area contributed by atoms with E-state index in [1.54, 1.807) is 12.3 Å². The van der Waals surface area contributed by atoms with Gasteiger partial charge >= 0.3 is 0 Å². The summed E-state index contributed by atoms with van der Waals surface area (Å²) in [5.74, 6) is 1.19. The number of aromatic nitrogens is 3. The number of rotatable bonds is 7. The SMILES string of the molecule is C=Nc1cnc(-c2ccccc2)nc1N(Cc1cccc(=O)[nH]1)c1ccc(C2(N)CCC2)cc1. The molecule has 0 saturated heterocycles. The molecule has 0 unspecified atom stereocenters. The summed E-state index contributed by atoms with van der Waals surface area (Å²) in [7, 11) is 0. The molecule has 0 spiro atoms. The third kappa shape index (κ3) is 4.25. The van der Waals surface area contributed by atoms with Gasteiger partial charge in [0.05, 0.1) is 12.7 Å². The smallest absolute Gasteiger partial charge is 0.248 e. The summed E-state index contributed by atoms with van der Waals surface area (Å²) < 4.78 is 0. The number of hydrogen-bond donors (Lipinski definition) is 2. The van der Waals surface area contributed by atoms with Crippen LogP contribution in [0.15, 0.2) is 88.8 Å². The van der Waals surface area contributed by atoms with Gasteiger partial charge in [-0.15, -0.1) is 0 Å². The van der Waals surface area contributed by atoms with Crippen molar-refractivity contribution >= 4 is 23.9 Å². The van der Waals surface area contributed by atoms with Crippen LogP contribution in [0.4, 0.5) is 17.2 Å². The van der Waals surface area contributed by atoms with Crippen LogP contribution in [0.5, 0.6) is 0 Å². The van der Waals surface area contributed by atoms with E-state index in [1.165, 1.54) is 6.07 Å². The zero-order chi connectivity index (χ0) is 23.5. The van der Waals surface area contributed by atoms with Gasteiger partial charge in [-0.25, -0.2) is 9.97 Å². The van der Waals surface area contributed by atoms with Crippen LogP contribution in [0, 0.1) is 0 Å².